The Bertz CT molecular complexity index is 640. The molecule has 0 saturated heterocycles. The van der Waals surface area contributed by atoms with E-state index in [1.807, 2.05) is 30.3 Å². The summed E-state index contributed by atoms with van der Waals surface area (Å²) in [4.78, 5) is 13.0. The fourth-order valence-electron chi connectivity index (χ4n) is 1.89. The molecule has 0 N–H and O–H groups in total. The van der Waals surface area contributed by atoms with Gasteiger partial charge >= 0.3 is 0 Å². The van der Waals surface area contributed by atoms with E-state index < -0.39 is 0 Å². The normalized spacial score (nSPS) is 10.0. The second-order valence-electron chi connectivity index (χ2n) is 4.11. The highest BCUT2D eigenvalue weighted by atomic mass is 32.2. The molecule has 0 saturated carbocycles. The molecule has 0 bridgehead atoms. The Balaban J connectivity index is 2.44. The van der Waals surface area contributed by atoms with Crippen LogP contribution in [0.3, 0.4) is 0 Å². The lowest BCUT2D eigenvalue weighted by Crippen LogP contribution is -1.94. The van der Waals surface area contributed by atoms with Gasteiger partial charge in [-0.2, -0.15) is 0 Å². The lowest BCUT2D eigenvalue weighted by Gasteiger charge is -2.12. The monoisotopic (exact) mass is 304 g/mol. The number of carbonyl (C=O) groups is 1. The van der Waals surface area contributed by atoms with Gasteiger partial charge in [0.15, 0.2) is 6.29 Å². The van der Waals surface area contributed by atoms with E-state index in [0.717, 1.165) is 27.6 Å². The first kappa shape index (κ1) is 15.3. The molecular weight excluding hydrogens is 288 g/mol. The molecule has 0 heterocycles. The smallest absolute Gasteiger partial charge is 0.154 e. The summed E-state index contributed by atoms with van der Waals surface area (Å²) >= 11 is 1.43. The molecule has 21 heavy (non-hydrogen) atoms. The Kier molecular flexibility index (Phi) is 5.11. The molecule has 0 aliphatic carbocycles. The molecule has 5 heteroatoms. The molecule has 0 spiro atoms. The number of hydrogen-bond donors (Lipinski definition) is 0. The van der Waals surface area contributed by atoms with E-state index in [-0.39, 0.29) is 0 Å². The van der Waals surface area contributed by atoms with Crippen LogP contribution in [0.15, 0.2) is 46.2 Å². The lowest BCUT2D eigenvalue weighted by atomic mass is 10.2. The van der Waals surface area contributed by atoms with E-state index in [2.05, 4.69) is 0 Å². The molecule has 2 aromatic carbocycles. The topological polar surface area (TPSA) is 44.8 Å². The Labute approximate surface area is 128 Å². The number of hydrogen-bond acceptors (Lipinski definition) is 5. The van der Waals surface area contributed by atoms with Crippen molar-refractivity contribution < 1.29 is 19.0 Å². The minimum atomic E-state index is 0.523. The summed E-state index contributed by atoms with van der Waals surface area (Å²) in [6.45, 7) is 0. The van der Waals surface area contributed by atoms with Crippen LogP contribution in [0.4, 0.5) is 0 Å². The van der Waals surface area contributed by atoms with Crippen LogP contribution in [0.5, 0.6) is 17.2 Å². The number of ether oxygens (including phenoxy) is 3. The van der Waals surface area contributed by atoms with Gasteiger partial charge in [-0.1, -0.05) is 17.8 Å². The zero-order chi connectivity index (χ0) is 15.2. The molecule has 4 nitrogen and oxygen atoms in total. The van der Waals surface area contributed by atoms with E-state index in [4.69, 9.17) is 14.2 Å². The van der Waals surface area contributed by atoms with Crippen molar-refractivity contribution in [3.8, 4) is 17.2 Å². The number of methoxy groups -OCH3 is 3. The molecule has 110 valence electrons. The Morgan fingerprint density at radius 1 is 0.905 bits per heavy atom. The average molecular weight is 304 g/mol. The van der Waals surface area contributed by atoms with Crippen molar-refractivity contribution in [1.29, 1.82) is 0 Å². The summed E-state index contributed by atoms with van der Waals surface area (Å²) < 4.78 is 15.8. The summed E-state index contributed by atoms with van der Waals surface area (Å²) in [6, 6.07) is 11.0. The van der Waals surface area contributed by atoms with Crippen molar-refractivity contribution in [2.24, 2.45) is 0 Å². The third kappa shape index (κ3) is 3.31. The van der Waals surface area contributed by atoms with Crippen molar-refractivity contribution in [1.82, 2.24) is 0 Å². The second-order valence-corrected chi connectivity index (χ2v) is 5.19. The predicted molar refractivity (Wildman–Crippen MR) is 82.1 cm³/mol. The molecular formula is C16H16O4S. The fourth-order valence-corrected chi connectivity index (χ4v) is 2.96. The fraction of sp³-hybridized carbons (Fsp3) is 0.188. The predicted octanol–water partition coefficient (Wildman–Crippen LogP) is 3.68. The maximum Gasteiger partial charge on any atom is 0.154 e. The largest absolute Gasteiger partial charge is 0.497 e. The summed E-state index contributed by atoms with van der Waals surface area (Å²) in [7, 11) is 4.76. The van der Waals surface area contributed by atoms with Gasteiger partial charge in [-0.25, -0.2) is 0 Å². The third-order valence-corrected chi connectivity index (χ3v) is 4.07. The minimum absolute atomic E-state index is 0.523. The lowest BCUT2D eigenvalue weighted by molar-refractivity contribution is 0.111. The number of rotatable bonds is 6. The van der Waals surface area contributed by atoms with Gasteiger partial charge in [-0.15, -0.1) is 0 Å². The van der Waals surface area contributed by atoms with Crippen LogP contribution in [0, 0.1) is 0 Å². The van der Waals surface area contributed by atoms with Gasteiger partial charge in [0.1, 0.15) is 17.2 Å². The summed E-state index contributed by atoms with van der Waals surface area (Å²) in [5.41, 5.74) is 0.523. The maximum atomic E-state index is 11.3. The van der Waals surface area contributed by atoms with Crippen LogP contribution in [0.2, 0.25) is 0 Å². The van der Waals surface area contributed by atoms with Gasteiger partial charge < -0.3 is 14.2 Å². The summed E-state index contributed by atoms with van der Waals surface area (Å²) in [5.74, 6) is 2.01. The van der Waals surface area contributed by atoms with Crippen LogP contribution >= 0.6 is 11.8 Å². The molecule has 0 fully saturated rings. The van der Waals surface area contributed by atoms with Crippen LogP contribution in [-0.4, -0.2) is 27.6 Å². The van der Waals surface area contributed by atoms with Crippen LogP contribution in [0.25, 0.3) is 0 Å². The van der Waals surface area contributed by atoms with Gasteiger partial charge in [0.25, 0.3) is 0 Å². The molecule has 0 aliphatic heterocycles. The highest BCUT2D eigenvalue weighted by Gasteiger charge is 2.13. The van der Waals surface area contributed by atoms with Crippen LogP contribution in [0.1, 0.15) is 10.4 Å². The van der Waals surface area contributed by atoms with Crippen LogP contribution in [-0.2, 0) is 0 Å². The SMILES string of the molecule is COc1ccc(OC)c(Sc2cccc(OC)c2C=O)c1. The van der Waals surface area contributed by atoms with Crippen LogP contribution < -0.4 is 14.2 Å². The van der Waals surface area contributed by atoms with Gasteiger partial charge in [0.2, 0.25) is 0 Å². The van der Waals surface area contributed by atoms with Gasteiger partial charge in [0, 0.05) is 4.90 Å². The molecule has 0 unspecified atom stereocenters. The van der Waals surface area contributed by atoms with Crippen molar-refractivity contribution in [2.75, 3.05) is 21.3 Å². The second kappa shape index (κ2) is 7.04. The highest BCUT2D eigenvalue weighted by Crippen LogP contribution is 2.40. The summed E-state index contributed by atoms with van der Waals surface area (Å²) in [6.07, 6.45) is 0.799. The van der Waals surface area contributed by atoms with E-state index in [0.29, 0.717) is 11.3 Å². The van der Waals surface area contributed by atoms with E-state index in [9.17, 15) is 4.79 Å². The molecule has 0 aromatic heterocycles. The molecule has 2 aromatic rings. The zero-order valence-electron chi connectivity index (χ0n) is 12.1. The third-order valence-electron chi connectivity index (χ3n) is 2.95. The number of benzene rings is 2. The Morgan fingerprint density at radius 2 is 1.67 bits per heavy atom. The zero-order valence-corrected chi connectivity index (χ0v) is 12.9. The number of carbonyl (C=O) groups excluding carboxylic acids is 1. The summed E-state index contributed by atoms with van der Waals surface area (Å²) in [5, 5.41) is 0. The quantitative estimate of drug-likeness (QED) is 0.762. The minimum Gasteiger partial charge on any atom is -0.497 e. The van der Waals surface area contributed by atoms with Crippen molar-refractivity contribution in [3.63, 3.8) is 0 Å². The Hall–Kier alpha value is -2.14. The van der Waals surface area contributed by atoms with Gasteiger partial charge in [0.05, 0.1) is 31.8 Å². The van der Waals surface area contributed by atoms with Crippen molar-refractivity contribution in [2.45, 2.75) is 9.79 Å². The number of aldehydes is 1. The standard InChI is InChI=1S/C16H16O4S/c1-18-11-7-8-14(20-3)16(9-11)21-15-6-4-5-13(19-2)12(15)10-17/h4-10H,1-3H3. The van der Waals surface area contributed by atoms with E-state index in [1.54, 1.807) is 27.4 Å². The van der Waals surface area contributed by atoms with Gasteiger partial charge in [-0.3, -0.25) is 4.79 Å². The molecule has 0 atom stereocenters. The first-order valence-electron chi connectivity index (χ1n) is 6.25. The molecule has 0 amide bonds. The van der Waals surface area contributed by atoms with E-state index >= 15 is 0 Å². The highest BCUT2D eigenvalue weighted by molar-refractivity contribution is 7.99. The molecule has 0 radical (unpaired) electrons. The molecule has 2 rings (SSSR count). The van der Waals surface area contributed by atoms with Crippen molar-refractivity contribution in [3.05, 3.63) is 42.0 Å². The first-order valence-corrected chi connectivity index (χ1v) is 7.07. The van der Waals surface area contributed by atoms with Gasteiger partial charge in [-0.05, 0) is 30.3 Å². The molecule has 0 aliphatic rings. The Morgan fingerprint density at radius 3 is 2.29 bits per heavy atom. The average Bonchev–Trinajstić information content (AvgIpc) is 2.54. The maximum absolute atomic E-state index is 11.3. The van der Waals surface area contributed by atoms with E-state index in [1.165, 1.54) is 11.8 Å². The van der Waals surface area contributed by atoms with Crippen molar-refractivity contribution >= 4 is 18.0 Å². The first-order chi connectivity index (χ1) is 10.2.